The summed E-state index contributed by atoms with van der Waals surface area (Å²) in [5.41, 5.74) is 1.73. The zero-order valence-corrected chi connectivity index (χ0v) is 7.31. The summed E-state index contributed by atoms with van der Waals surface area (Å²) in [7, 11) is 0. The number of carbonyl (C=O) groups is 1. The summed E-state index contributed by atoms with van der Waals surface area (Å²) in [6.07, 6.45) is 2.02. The highest BCUT2D eigenvalue weighted by atomic mass is 16.5. The van der Waals surface area contributed by atoms with Crippen molar-refractivity contribution < 1.29 is 9.53 Å². The first-order chi connectivity index (χ1) is 5.13. The number of esters is 1. The first-order valence-electron chi connectivity index (χ1n) is 3.61. The van der Waals surface area contributed by atoms with Crippen LogP contribution in [0.1, 0.15) is 27.2 Å². The lowest BCUT2D eigenvalue weighted by atomic mass is 10.1. The van der Waals surface area contributed by atoms with E-state index in [4.69, 9.17) is 0 Å². The van der Waals surface area contributed by atoms with Crippen LogP contribution < -0.4 is 0 Å². The van der Waals surface area contributed by atoms with Crippen LogP contribution in [0.4, 0.5) is 0 Å². The molecule has 0 unspecified atom stereocenters. The van der Waals surface area contributed by atoms with Gasteiger partial charge in [0.15, 0.2) is 0 Å². The molecule has 0 aromatic rings. The lowest BCUT2D eigenvalue weighted by Crippen LogP contribution is -2.02. The zero-order valence-electron chi connectivity index (χ0n) is 7.31. The molecule has 0 heterocycles. The molecular formula is C9H14O2. The van der Waals surface area contributed by atoms with Crippen molar-refractivity contribution in [3.8, 4) is 0 Å². The molecule has 0 aliphatic heterocycles. The summed E-state index contributed by atoms with van der Waals surface area (Å²) in [4.78, 5) is 11.0. The Kier molecular flexibility index (Phi) is 4.27. The van der Waals surface area contributed by atoms with Gasteiger partial charge in [0.05, 0.1) is 6.26 Å². The van der Waals surface area contributed by atoms with Crippen molar-refractivity contribution in [1.29, 1.82) is 0 Å². The molecule has 0 radical (unpaired) electrons. The molecule has 0 atom stereocenters. The Bertz CT molecular complexity index is 190. The average molecular weight is 154 g/mol. The Labute approximate surface area is 67.6 Å². The van der Waals surface area contributed by atoms with Crippen LogP contribution >= 0.6 is 0 Å². The van der Waals surface area contributed by atoms with Gasteiger partial charge in [-0.25, -0.2) is 4.79 Å². The number of carbonyl (C=O) groups excluding carboxylic acids is 1. The molecule has 11 heavy (non-hydrogen) atoms. The topological polar surface area (TPSA) is 26.3 Å². The van der Waals surface area contributed by atoms with Gasteiger partial charge in [-0.15, -0.1) is 0 Å². The maximum atomic E-state index is 11.0. The van der Waals surface area contributed by atoms with Gasteiger partial charge in [0.1, 0.15) is 0 Å². The van der Waals surface area contributed by atoms with Crippen molar-refractivity contribution in [2.24, 2.45) is 0 Å². The highest BCUT2D eigenvalue weighted by molar-refractivity contribution is 5.88. The van der Waals surface area contributed by atoms with Crippen molar-refractivity contribution in [3.63, 3.8) is 0 Å². The SMILES string of the molecule is C=COC(=O)C(C)=C(C)CC. The predicted octanol–water partition coefficient (Wildman–Crippen LogP) is 2.42. The van der Waals surface area contributed by atoms with E-state index in [0.29, 0.717) is 5.57 Å². The van der Waals surface area contributed by atoms with Gasteiger partial charge in [0.2, 0.25) is 0 Å². The van der Waals surface area contributed by atoms with E-state index in [9.17, 15) is 4.79 Å². The van der Waals surface area contributed by atoms with E-state index < -0.39 is 0 Å². The summed E-state index contributed by atoms with van der Waals surface area (Å²) >= 11 is 0. The maximum absolute atomic E-state index is 11.0. The molecule has 0 saturated heterocycles. The molecule has 2 nitrogen and oxygen atoms in total. The van der Waals surface area contributed by atoms with Gasteiger partial charge in [0, 0.05) is 5.57 Å². The van der Waals surface area contributed by atoms with Gasteiger partial charge < -0.3 is 4.74 Å². The van der Waals surface area contributed by atoms with Crippen LogP contribution in [-0.4, -0.2) is 5.97 Å². The normalized spacial score (nSPS) is 11.9. The third-order valence-corrected chi connectivity index (χ3v) is 1.67. The molecule has 0 bridgehead atoms. The summed E-state index contributed by atoms with van der Waals surface area (Å²) in [6, 6.07) is 0. The quantitative estimate of drug-likeness (QED) is 0.354. The Hall–Kier alpha value is -1.05. The first-order valence-corrected chi connectivity index (χ1v) is 3.61. The van der Waals surface area contributed by atoms with Crippen LogP contribution in [-0.2, 0) is 9.53 Å². The van der Waals surface area contributed by atoms with Crippen molar-refractivity contribution in [1.82, 2.24) is 0 Å². The third kappa shape index (κ3) is 3.03. The van der Waals surface area contributed by atoms with Gasteiger partial charge in [0.25, 0.3) is 0 Å². The summed E-state index contributed by atoms with van der Waals surface area (Å²) in [5.74, 6) is -0.306. The molecule has 0 aromatic carbocycles. The lowest BCUT2D eigenvalue weighted by Gasteiger charge is -2.02. The molecule has 0 aromatic heterocycles. The molecule has 0 aliphatic rings. The molecule has 2 heteroatoms. The van der Waals surface area contributed by atoms with Crippen molar-refractivity contribution in [2.75, 3.05) is 0 Å². The summed E-state index contributed by atoms with van der Waals surface area (Å²) in [6.45, 7) is 8.97. The second kappa shape index (κ2) is 4.72. The van der Waals surface area contributed by atoms with E-state index in [2.05, 4.69) is 11.3 Å². The van der Waals surface area contributed by atoms with E-state index in [-0.39, 0.29) is 5.97 Å². The molecule has 0 saturated carbocycles. The van der Waals surface area contributed by atoms with E-state index >= 15 is 0 Å². The third-order valence-electron chi connectivity index (χ3n) is 1.67. The predicted molar refractivity (Wildman–Crippen MR) is 45.0 cm³/mol. The molecule has 0 spiro atoms. The second-order valence-corrected chi connectivity index (χ2v) is 2.33. The maximum Gasteiger partial charge on any atom is 0.338 e. The Balaban J connectivity index is 4.33. The van der Waals surface area contributed by atoms with E-state index in [1.807, 2.05) is 13.8 Å². The molecule has 0 aliphatic carbocycles. The van der Waals surface area contributed by atoms with Crippen molar-refractivity contribution in [2.45, 2.75) is 27.2 Å². The van der Waals surface area contributed by atoms with E-state index in [1.165, 1.54) is 0 Å². The summed E-state index contributed by atoms with van der Waals surface area (Å²) in [5, 5.41) is 0. The molecule has 0 rings (SSSR count). The van der Waals surface area contributed by atoms with Crippen LogP contribution in [0.25, 0.3) is 0 Å². The number of allylic oxidation sites excluding steroid dienone is 1. The lowest BCUT2D eigenvalue weighted by molar-refractivity contribution is -0.133. The molecule has 62 valence electrons. The molecular weight excluding hydrogens is 140 g/mol. The van der Waals surface area contributed by atoms with Gasteiger partial charge in [-0.3, -0.25) is 0 Å². The van der Waals surface area contributed by atoms with E-state index in [1.54, 1.807) is 6.92 Å². The monoisotopic (exact) mass is 154 g/mol. The fourth-order valence-electron chi connectivity index (χ4n) is 0.603. The van der Waals surface area contributed by atoms with Crippen LogP contribution in [0.2, 0.25) is 0 Å². The van der Waals surface area contributed by atoms with Crippen LogP contribution in [0, 0.1) is 0 Å². The van der Waals surface area contributed by atoms with Gasteiger partial charge in [-0.1, -0.05) is 19.1 Å². The summed E-state index contributed by atoms with van der Waals surface area (Å²) < 4.78 is 4.59. The average Bonchev–Trinajstić information content (AvgIpc) is 2.02. The minimum absolute atomic E-state index is 0.306. The second-order valence-electron chi connectivity index (χ2n) is 2.33. The van der Waals surface area contributed by atoms with Crippen LogP contribution in [0.3, 0.4) is 0 Å². The zero-order chi connectivity index (χ0) is 8.85. The van der Waals surface area contributed by atoms with Gasteiger partial charge >= 0.3 is 5.97 Å². The molecule has 0 amide bonds. The minimum atomic E-state index is -0.306. The largest absolute Gasteiger partial charge is 0.432 e. The van der Waals surface area contributed by atoms with Gasteiger partial charge in [-0.05, 0) is 20.3 Å². The standard InChI is InChI=1S/C9H14O2/c1-5-7(3)8(4)9(10)11-6-2/h6H,2,5H2,1,3-4H3. The number of hydrogen-bond acceptors (Lipinski definition) is 2. The van der Waals surface area contributed by atoms with E-state index in [0.717, 1.165) is 18.3 Å². The minimum Gasteiger partial charge on any atom is -0.432 e. The smallest absolute Gasteiger partial charge is 0.338 e. The fraction of sp³-hybridized carbons (Fsp3) is 0.444. The highest BCUT2D eigenvalue weighted by Gasteiger charge is 2.05. The number of ether oxygens (including phenoxy) is 1. The highest BCUT2D eigenvalue weighted by Crippen LogP contribution is 2.08. The Morgan fingerprint density at radius 2 is 2.09 bits per heavy atom. The van der Waals surface area contributed by atoms with Crippen LogP contribution in [0.5, 0.6) is 0 Å². The first kappa shape index (κ1) is 9.95. The number of rotatable bonds is 3. The Morgan fingerprint density at radius 3 is 2.45 bits per heavy atom. The molecule has 0 fully saturated rings. The van der Waals surface area contributed by atoms with Crippen molar-refractivity contribution >= 4 is 5.97 Å². The van der Waals surface area contributed by atoms with Gasteiger partial charge in [-0.2, -0.15) is 0 Å². The number of hydrogen-bond donors (Lipinski definition) is 0. The van der Waals surface area contributed by atoms with Crippen LogP contribution in [0.15, 0.2) is 24.0 Å². The molecule has 0 N–H and O–H groups in total. The van der Waals surface area contributed by atoms with Crippen molar-refractivity contribution in [3.05, 3.63) is 24.0 Å². The fourth-order valence-corrected chi connectivity index (χ4v) is 0.603. The Morgan fingerprint density at radius 1 is 1.55 bits per heavy atom.